The molecular formula is C12H8Cl2N4. The van der Waals surface area contributed by atoms with E-state index in [-0.39, 0.29) is 0 Å². The highest BCUT2D eigenvalue weighted by Crippen LogP contribution is 2.30. The average molecular weight is 279 g/mol. The molecule has 2 N–H and O–H groups in total. The number of halogens is 2. The summed E-state index contributed by atoms with van der Waals surface area (Å²) in [6.07, 6.45) is 5.08. The molecule has 0 spiro atoms. The molecule has 0 aliphatic heterocycles. The number of rotatable bonds is 1. The largest absolute Gasteiger partial charge is 0.383 e. The van der Waals surface area contributed by atoms with Gasteiger partial charge in [-0.1, -0.05) is 23.2 Å². The average Bonchev–Trinajstić information content (AvgIpc) is 2.69. The number of pyridine rings is 2. The van der Waals surface area contributed by atoms with Gasteiger partial charge in [0.2, 0.25) is 0 Å². The molecule has 3 heterocycles. The first-order valence-corrected chi connectivity index (χ1v) is 5.95. The topological polar surface area (TPSA) is 56.2 Å². The van der Waals surface area contributed by atoms with Crippen molar-refractivity contribution in [2.75, 3.05) is 5.73 Å². The van der Waals surface area contributed by atoms with Crippen LogP contribution in [0.15, 0.2) is 36.8 Å². The van der Waals surface area contributed by atoms with Crippen LogP contribution in [-0.4, -0.2) is 14.4 Å². The molecule has 0 radical (unpaired) electrons. The molecule has 90 valence electrons. The van der Waals surface area contributed by atoms with Gasteiger partial charge in [-0.25, -0.2) is 4.98 Å². The maximum atomic E-state index is 6.10. The molecule has 3 rings (SSSR count). The van der Waals surface area contributed by atoms with E-state index in [1.165, 1.54) is 0 Å². The van der Waals surface area contributed by atoms with Crippen LogP contribution in [0, 0.1) is 0 Å². The van der Waals surface area contributed by atoms with Gasteiger partial charge >= 0.3 is 0 Å². The molecule has 18 heavy (non-hydrogen) atoms. The van der Waals surface area contributed by atoms with E-state index in [2.05, 4.69) is 9.97 Å². The maximum Gasteiger partial charge on any atom is 0.158 e. The van der Waals surface area contributed by atoms with Gasteiger partial charge in [-0.3, -0.25) is 9.38 Å². The highest BCUT2D eigenvalue weighted by molar-refractivity contribution is 6.36. The zero-order valence-corrected chi connectivity index (χ0v) is 10.7. The monoisotopic (exact) mass is 278 g/mol. The quantitative estimate of drug-likeness (QED) is 0.743. The fourth-order valence-electron chi connectivity index (χ4n) is 1.81. The number of fused-ring (bicyclic) bond motifs is 1. The van der Waals surface area contributed by atoms with Crippen LogP contribution in [0.2, 0.25) is 10.0 Å². The minimum Gasteiger partial charge on any atom is -0.383 e. The zero-order chi connectivity index (χ0) is 12.7. The molecule has 0 saturated heterocycles. The molecule has 3 aromatic rings. The Hall–Kier alpha value is -1.78. The van der Waals surface area contributed by atoms with Gasteiger partial charge in [-0.15, -0.1) is 0 Å². The Morgan fingerprint density at radius 2 is 2.11 bits per heavy atom. The predicted octanol–water partition coefficient (Wildman–Crippen LogP) is 3.29. The molecule has 0 unspecified atom stereocenters. The lowest BCUT2D eigenvalue weighted by molar-refractivity contribution is 1.20. The molecule has 0 saturated carbocycles. The Morgan fingerprint density at radius 3 is 2.83 bits per heavy atom. The third-order valence-electron chi connectivity index (χ3n) is 2.61. The van der Waals surface area contributed by atoms with Gasteiger partial charge < -0.3 is 5.73 Å². The Labute approximate surface area is 113 Å². The molecule has 0 amide bonds. The fourth-order valence-corrected chi connectivity index (χ4v) is 2.32. The molecule has 0 aliphatic carbocycles. The van der Waals surface area contributed by atoms with Crippen LogP contribution in [0.3, 0.4) is 0 Å². The molecule has 0 fully saturated rings. The third-order valence-corrected chi connectivity index (χ3v) is 3.10. The van der Waals surface area contributed by atoms with Gasteiger partial charge in [0, 0.05) is 24.2 Å². The van der Waals surface area contributed by atoms with Crippen molar-refractivity contribution in [3.05, 3.63) is 46.8 Å². The number of anilines is 1. The Kier molecular flexibility index (Phi) is 2.61. The van der Waals surface area contributed by atoms with Crippen LogP contribution < -0.4 is 5.73 Å². The number of nitrogen functional groups attached to an aromatic ring is 1. The molecule has 0 bridgehead atoms. The van der Waals surface area contributed by atoms with Crippen molar-refractivity contribution >= 4 is 34.7 Å². The zero-order valence-electron chi connectivity index (χ0n) is 9.14. The summed E-state index contributed by atoms with van der Waals surface area (Å²) < 4.78 is 1.67. The molecular weight excluding hydrogens is 271 g/mol. The number of hydrogen-bond acceptors (Lipinski definition) is 3. The molecule has 3 aromatic heterocycles. The van der Waals surface area contributed by atoms with Crippen LogP contribution in [0.4, 0.5) is 5.82 Å². The van der Waals surface area contributed by atoms with Crippen molar-refractivity contribution in [1.29, 1.82) is 0 Å². The van der Waals surface area contributed by atoms with Gasteiger partial charge in [-0.2, -0.15) is 0 Å². The van der Waals surface area contributed by atoms with Crippen molar-refractivity contribution in [3.63, 3.8) is 0 Å². The van der Waals surface area contributed by atoms with E-state index >= 15 is 0 Å². The fraction of sp³-hybridized carbons (Fsp3) is 0. The Balaban J connectivity index is 2.33. The second kappa shape index (κ2) is 4.15. The van der Waals surface area contributed by atoms with Crippen LogP contribution in [0.25, 0.3) is 16.9 Å². The molecule has 6 heteroatoms. The highest BCUT2D eigenvalue weighted by atomic mass is 35.5. The Morgan fingerprint density at radius 1 is 1.28 bits per heavy atom. The van der Waals surface area contributed by atoms with E-state index in [1.54, 1.807) is 29.1 Å². The lowest BCUT2D eigenvalue weighted by atomic mass is 10.2. The van der Waals surface area contributed by atoms with Crippen molar-refractivity contribution in [1.82, 2.24) is 14.4 Å². The van der Waals surface area contributed by atoms with E-state index in [0.29, 0.717) is 27.2 Å². The summed E-state index contributed by atoms with van der Waals surface area (Å²) in [5.41, 5.74) is 8.13. The summed E-state index contributed by atoms with van der Waals surface area (Å²) >= 11 is 12.0. The van der Waals surface area contributed by atoms with E-state index < -0.39 is 0 Å². The summed E-state index contributed by atoms with van der Waals surface area (Å²) in [5.74, 6) is 0.488. The molecule has 0 aromatic carbocycles. The minimum absolute atomic E-state index is 0.462. The smallest absolute Gasteiger partial charge is 0.158 e. The highest BCUT2D eigenvalue weighted by Gasteiger charge is 2.14. The molecule has 4 nitrogen and oxygen atoms in total. The SMILES string of the molecule is Nc1c(-c2cccnc2)nc2c(Cl)cc(Cl)cn12. The number of nitrogens with zero attached hydrogens (tertiary/aromatic N) is 3. The lowest BCUT2D eigenvalue weighted by Crippen LogP contribution is -1.94. The number of hydrogen-bond donors (Lipinski definition) is 1. The van der Waals surface area contributed by atoms with Crippen LogP contribution in [0.5, 0.6) is 0 Å². The minimum atomic E-state index is 0.462. The van der Waals surface area contributed by atoms with Gasteiger partial charge in [0.15, 0.2) is 5.65 Å². The number of nitrogens with two attached hydrogens (primary N) is 1. The Bertz CT molecular complexity index is 722. The molecule has 0 aliphatic rings. The first-order valence-electron chi connectivity index (χ1n) is 5.20. The number of aromatic nitrogens is 3. The van der Waals surface area contributed by atoms with Crippen molar-refractivity contribution in [2.24, 2.45) is 0 Å². The normalized spacial score (nSPS) is 11.0. The van der Waals surface area contributed by atoms with Crippen molar-refractivity contribution < 1.29 is 0 Å². The summed E-state index contributed by atoms with van der Waals surface area (Å²) in [4.78, 5) is 8.48. The van der Waals surface area contributed by atoms with Crippen molar-refractivity contribution in [3.8, 4) is 11.3 Å². The van der Waals surface area contributed by atoms with Gasteiger partial charge in [0.05, 0.1) is 10.0 Å². The van der Waals surface area contributed by atoms with Gasteiger partial charge in [-0.05, 0) is 18.2 Å². The van der Waals surface area contributed by atoms with E-state index in [1.807, 2.05) is 12.1 Å². The maximum absolute atomic E-state index is 6.10. The standard InChI is InChI=1S/C12H8Cl2N4/c13-8-4-9(14)12-17-10(11(15)18(12)6-8)7-2-1-3-16-5-7/h1-6H,15H2. The van der Waals surface area contributed by atoms with E-state index in [0.717, 1.165) is 5.56 Å². The summed E-state index contributed by atoms with van der Waals surface area (Å²) in [5, 5.41) is 0.971. The first kappa shape index (κ1) is 11.3. The summed E-state index contributed by atoms with van der Waals surface area (Å²) in [6.45, 7) is 0. The lowest BCUT2D eigenvalue weighted by Gasteiger charge is -1.99. The second-order valence-electron chi connectivity index (χ2n) is 3.79. The molecule has 0 atom stereocenters. The van der Waals surface area contributed by atoms with E-state index in [4.69, 9.17) is 28.9 Å². The predicted molar refractivity (Wildman–Crippen MR) is 72.9 cm³/mol. The second-order valence-corrected chi connectivity index (χ2v) is 4.63. The number of imidazole rings is 1. The summed E-state index contributed by atoms with van der Waals surface area (Å²) in [7, 11) is 0. The van der Waals surface area contributed by atoms with Crippen LogP contribution in [-0.2, 0) is 0 Å². The van der Waals surface area contributed by atoms with Crippen molar-refractivity contribution in [2.45, 2.75) is 0 Å². The first-order chi connectivity index (χ1) is 8.66. The van der Waals surface area contributed by atoms with E-state index in [9.17, 15) is 0 Å². The van der Waals surface area contributed by atoms with Gasteiger partial charge in [0.1, 0.15) is 11.5 Å². The van der Waals surface area contributed by atoms with Crippen LogP contribution in [0.1, 0.15) is 0 Å². The third kappa shape index (κ3) is 1.70. The summed E-state index contributed by atoms with van der Waals surface area (Å²) in [6, 6.07) is 5.35. The van der Waals surface area contributed by atoms with Crippen LogP contribution >= 0.6 is 23.2 Å². The van der Waals surface area contributed by atoms with Gasteiger partial charge in [0.25, 0.3) is 0 Å².